The normalized spacial score (nSPS) is 12.1. The number of aryl methyl sites for hydroxylation is 1. The van der Waals surface area contributed by atoms with Gasteiger partial charge in [0.1, 0.15) is 0 Å². The Bertz CT molecular complexity index is 609. The second-order valence-electron chi connectivity index (χ2n) is 5.18. The van der Waals surface area contributed by atoms with Crippen molar-refractivity contribution in [2.45, 2.75) is 44.8 Å². The summed E-state index contributed by atoms with van der Waals surface area (Å²) in [5, 5.41) is 10.6. The van der Waals surface area contributed by atoms with E-state index in [-0.39, 0.29) is 11.9 Å². The van der Waals surface area contributed by atoms with Crippen LogP contribution in [0.1, 0.15) is 32.8 Å². The Hall–Kier alpha value is -1.82. The van der Waals surface area contributed by atoms with E-state index in [1.807, 2.05) is 26.0 Å². The van der Waals surface area contributed by atoms with Gasteiger partial charge < -0.3 is 5.32 Å². The number of carbonyl (C=O) groups is 1. The number of hydrogen-bond acceptors (Lipinski definition) is 4. The van der Waals surface area contributed by atoms with Crippen molar-refractivity contribution < 1.29 is 4.79 Å². The van der Waals surface area contributed by atoms with E-state index in [1.54, 1.807) is 0 Å². The predicted octanol–water partition coefficient (Wildman–Crippen LogP) is 3.04. The third-order valence-electron chi connectivity index (χ3n) is 3.45. The van der Waals surface area contributed by atoms with E-state index in [1.165, 1.54) is 17.3 Å². The third-order valence-corrected chi connectivity index (χ3v) is 4.30. The molecule has 2 N–H and O–H groups in total. The van der Waals surface area contributed by atoms with Gasteiger partial charge in [-0.2, -0.15) is 0 Å². The number of nitrogens with one attached hydrogen (secondary N) is 2. The summed E-state index contributed by atoms with van der Waals surface area (Å²) < 4.78 is 0. The highest BCUT2D eigenvalue weighted by Crippen LogP contribution is 2.19. The largest absolute Gasteiger partial charge is 0.353 e. The topological polar surface area (TPSA) is 70.7 Å². The zero-order valence-corrected chi connectivity index (χ0v) is 14.0. The fraction of sp³-hybridized carbons (Fsp3) is 0.438. The van der Waals surface area contributed by atoms with Crippen LogP contribution in [-0.4, -0.2) is 32.9 Å². The van der Waals surface area contributed by atoms with Gasteiger partial charge in [0, 0.05) is 11.6 Å². The number of rotatable bonds is 7. The number of carbonyl (C=O) groups excluding carboxylic acids is 1. The SMILES string of the molecule is CCc1ccc(-c2nc(SCC(=O)N[C@@H](C)CC)n[nH]2)cc1. The minimum absolute atomic E-state index is 0.0120. The molecule has 6 heteroatoms. The van der Waals surface area contributed by atoms with Crippen molar-refractivity contribution in [2.75, 3.05) is 5.75 Å². The summed E-state index contributed by atoms with van der Waals surface area (Å²) in [6.07, 6.45) is 1.94. The summed E-state index contributed by atoms with van der Waals surface area (Å²) in [5.41, 5.74) is 2.29. The third kappa shape index (κ3) is 4.59. The van der Waals surface area contributed by atoms with Gasteiger partial charge in [0.15, 0.2) is 5.82 Å². The minimum Gasteiger partial charge on any atom is -0.353 e. The van der Waals surface area contributed by atoms with Gasteiger partial charge in [-0.1, -0.05) is 49.9 Å². The van der Waals surface area contributed by atoms with Gasteiger partial charge in [0.2, 0.25) is 11.1 Å². The number of H-pyrrole nitrogens is 1. The van der Waals surface area contributed by atoms with Gasteiger partial charge in [-0.3, -0.25) is 9.89 Å². The molecule has 1 heterocycles. The van der Waals surface area contributed by atoms with Gasteiger partial charge >= 0.3 is 0 Å². The highest BCUT2D eigenvalue weighted by molar-refractivity contribution is 7.99. The van der Waals surface area contributed by atoms with Gasteiger partial charge in [0.05, 0.1) is 5.75 Å². The van der Waals surface area contributed by atoms with Crippen molar-refractivity contribution >= 4 is 17.7 Å². The summed E-state index contributed by atoms with van der Waals surface area (Å²) in [7, 11) is 0. The lowest BCUT2D eigenvalue weighted by atomic mass is 10.1. The lowest BCUT2D eigenvalue weighted by Gasteiger charge is -2.09. The highest BCUT2D eigenvalue weighted by Gasteiger charge is 2.10. The number of benzene rings is 1. The van der Waals surface area contributed by atoms with Crippen LogP contribution in [0, 0.1) is 0 Å². The van der Waals surface area contributed by atoms with Crippen LogP contribution in [-0.2, 0) is 11.2 Å². The van der Waals surface area contributed by atoms with Crippen molar-refractivity contribution in [3.8, 4) is 11.4 Å². The fourth-order valence-corrected chi connectivity index (χ4v) is 2.50. The molecule has 5 nitrogen and oxygen atoms in total. The molecule has 22 heavy (non-hydrogen) atoms. The quantitative estimate of drug-likeness (QED) is 0.770. The number of aromatic nitrogens is 3. The van der Waals surface area contributed by atoms with Crippen molar-refractivity contribution in [3.05, 3.63) is 29.8 Å². The molecule has 0 saturated heterocycles. The van der Waals surface area contributed by atoms with E-state index < -0.39 is 0 Å². The van der Waals surface area contributed by atoms with Crippen LogP contribution in [0.2, 0.25) is 0 Å². The maximum atomic E-state index is 11.7. The fourth-order valence-electron chi connectivity index (χ4n) is 1.89. The van der Waals surface area contributed by atoms with Gasteiger partial charge in [-0.15, -0.1) is 5.10 Å². The number of aromatic amines is 1. The van der Waals surface area contributed by atoms with Crippen LogP contribution < -0.4 is 5.32 Å². The van der Waals surface area contributed by atoms with E-state index >= 15 is 0 Å². The maximum Gasteiger partial charge on any atom is 0.230 e. The van der Waals surface area contributed by atoms with Crippen LogP contribution in [0.15, 0.2) is 29.4 Å². The van der Waals surface area contributed by atoms with Crippen LogP contribution in [0.5, 0.6) is 0 Å². The molecular formula is C16H22N4OS. The standard InChI is InChI=1S/C16H22N4OS/c1-4-11(3)17-14(21)10-22-16-18-15(19-20-16)13-8-6-12(5-2)7-9-13/h6-9,11H,4-5,10H2,1-3H3,(H,17,21)(H,18,19,20)/t11-/m0/s1. The molecule has 0 spiro atoms. The second-order valence-corrected chi connectivity index (χ2v) is 6.13. The molecule has 118 valence electrons. The molecule has 1 aromatic carbocycles. The molecule has 0 radical (unpaired) electrons. The Morgan fingerprint density at radius 2 is 2.05 bits per heavy atom. The zero-order chi connectivity index (χ0) is 15.9. The number of thioether (sulfide) groups is 1. The first-order valence-electron chi connectivity index (χ1n) is 7.56. The molecule has 1 atom stereocenters. The zero-order valence-electron chi connectivity index (χ0n) is 13.2. The average Bonchev–Trinajstić information content (AvgIpc) is 3.02. The maximum absolute atomic E-state index is 11.7. The Balaban J connectivity index is 1.92. The Morgan fingerprint density at radius 1 is 1.32 bits per heavy atom. The second kappa shape index (κ2) is 7.98. The van der Waals surface area contributed by atoms with E-state index in [2.05, 4.69) is 39.6 Å². The summed E-state index contributed by atoms with van der Waals surface area (Å²) in [5.74, 6) is 1.07. The molecule has 2 rings (SSSR count). The van der Waals surface area contributed by atoms with E-state index in [0.717, 1.165) is 24.2 Å². The monoisotopic (exact) mass is 318 g/mol. The molecule has 2 aromatic rings. The molecule has 0 bridgehead atoms. The first-order valence-corrected chi connectivity index (χ1v) is 8.54. The molecule has 1 amide bonds. The molecule has 0 unspecified atom stereocenters. The lowest BCUT2D eigenvalue weighted by molar-refractivity contribution is -0.119. The van der Waals surface area contributed by atoms with Crippen molar-refractivity contribution in [1.82, 2.24) is 20.5 Å². The first kappa shape index (κ1) is 16.5. The van der Waals surface area contributed by atoms with Crippen LogP contribution in [0.25, 0.3) is 11.4 Å². The van der Waals surface area contributed by atoms with Gasteiger partial charge in [0.25, 0.3) is 0 Å². The first-order chi connectivity index (χ1) is 10.6. The Kier molecular flexibility index (Phi) is 6.00. The van der Waals surface area contributed by atoms with Crippen molar-refractivity contribution in [1.29, 1.82) is 0 Å². The summed E-state index contributed by atoms with van der Waals surface area (Å²) >= 11 is 1.34. The lowest BCUT2D eigenvalue weighted by Crippen LogP contribution is -2.33. The smallest absolute Gasteiger partial charge is 0.230 e. The predicted molar refractivity (Wildman–Crippen MR) is 89.8 cm³/mol. The molecule has 0 aliphatic heterocycles. The van der Waals surface area contributed by atoms with Gasteiger partial charge in [-0.25, -0.2) is 4.98 Å². The van der Waals surface area contributed by atoms with Gasteiger partial charge in [-0.05, 0) is 25.3 Å². The average molecular weight is 318 g/mol. The van der Waals surface area contributed by atoms with E-state index in [4.69, 9.17) is 0 Å². The molecule has 0 aliphatic carbocycles. The van der Waals surface area contributed by atoms with E-state index in [0.29, 0.717) is 10.9 Å². The minimum atomic E-state index is 0.0120. The summed E-state index contributed by atoms with van der Waals surface area (Å²) in [6.45, 7) is 6.17. The molecule has 1 aromatic heterocycles. The molecule has 0 aliphatic rings. The summed E-state index contributed by atoms with van der Waals surface area (Å²) in [4.78, 5) is 16.2. The van der Waals surface area contributed by atoms with Crippen LogP contribution in [0.4, 0.5) is 0 Å². The van der Waals surface area contributed by atoms with Crippen molar-refractivity contribution in [2.24, 2.45) is 0 Å². The van der Waals surface area contributed by atoms with Crippen LogP contribution in [0.3, 0.4) is 0 Å². The number of amides is 1. The Morgan fingerprint density at radius 3 is 2.68 bits per heavy atom. The van der Waals surface area contributed by atoms with Crippen molar-refractivity contribution in [3.63, 3.8) is 0 Å². The number of hydrogen-bond donors (Lipinski definition) is 2. The van der Waals surface area contributed by atoms with E-state index in [9.17, 15) is 4.79 Å². The van der Waals surface area contributed by atoms with Crippen LogP contribution >= 0.6 is 11.8 Å². The molecule has 0 saturated carbocycles. The Labute approximate surface area is 135 Å². The molecular weight excluding hydrogens is 296 g/mol. The summed E-state index contributed by atoms with van der Waals surface area (Å²) in [6, 6.07) is 8.44. The number of nitrogens with zero attached hydrogens (tertiary/aromatic N) is 2. The molecule has 0 fully saturated rings. The highest BCUT2D eigenvalue weighted by atomic mass is 32.2.